The van der Waals surface area contributed by atoms with Gasteiger partial charge < -0.3 is 20.3 Å². The zero-order valence-corrected chi connectivity index (χ0v) is 11.9. The highest BCUT2D eigenvalue weighted by molar-refractivity contribution is 5.43. The van der Waals surface area contributed by atoms with Gasteiger partial charge in [-0.15, -0.1) is 0 Å². The van der Waals surface area contributed by atoms with Crippen LogP contribution in [0.1, 0.15) is 44.7 Å². The van der Waals surface area contributed by atoms with E-state index in [1.165, 1.54) is 0 Å². The largest absolute Gasteiger partial charge is 0.490 e. The summed E-state index contributed by atoms with van der Waals surface area (Å²) in [6.45, 7) is 5.33. The lowest BCUT2D eigenvalue weighted by Gasteiger charge is -2.16. The zero-order valence-electron chi connectivity index (χ0n) is 11.9. The Morgan fingerprint density at radius 3 is 2.42 bits per heavy atom. The Labute approximate surface area is 115 Å². The van der Waals surface area contributed by atoms with Gasteiger partial charge in [0.25, 0.3) is 0 Å². The van der Waals surface area contributed by atoms with Crippen molar-refractivity contribution >= 4 is 0 Å². The molecule has 0 aromatic heterocycles. The second kappa shape index (κ2) is 8.77. The highest BCUT2D eigenvalue weighted by atomic mass is 16.5. The van der Waals surface area contributed by atoms with Crippen molar-refractivity contribution in [1.82, 2.24) is 0 Å². The van der Waals surface area contributed by atoms with Crippen LogP contribution in [0.25, 0.3) is 0 Å². The molecule has 0 aliphatic carbocycles. The maximum absolute atomic E-state index is 8.78. The fourth-order valence-electron chi connectivity index (χ4n) is 1.94. The number of aliphatic hydroxyl groups is 1. The van der Waals surface area contributed by atoms with Gasteiger partial charge in [-0.2, -0.15) is 0 Å². The molecule has 1 atom stereocenters. The summed E-state index contributed by atoms with van der Waals surface area (Å²) in [5, 5.41) is 8.78. The molecule has 108 valence electrons. The van der Waals surface area contributed by atoms with Crippen LogP contribution in [0.4, 0.5) is 0 Å². The van der Waals surface area contributed by atoms with Gasteiger partial charge >= 0.3 is 0 Å². The van der Waals surface area contributed by atoms with Gasteiger partial charge in [0.2, 0.25) is 0 Å². The molecule has 3 N–H and O–H groups in total. The third-order valence-electron chi connectivity index (χ3n) is 2.92. The van der Waals surface area contributed by atoms with Crippen molar-refractivity contribution in [3.63, 3.8) is 0 Å². The van der Waals surface area contributed by atoms with Gasteiger partial charge in [0.15, 0.2) is 11.5 Å². The predicted octanol–water partition coefficient (Wildman–Crippen LogP) is 2.65. The monoisotopic (exact) mass is 267 g/mol. The SMILES string of the molecule is CCOc1ccc(C(N)CCCCO)cc1OCC. The van der Waals surface area contributed by atoms with Crippen molar-refractivity contribution in [2.75, 3.05) is 19.8 Å². The molecule has 1 aromatic rings. The minimum Gasteiger partial charge on any atom is -0.490 e. The van der Waals surface area contributed by atoms with Crippen molar-refractivity contribution in [1.29, 1.82) is 0 Å². The first-order chi connectivity index (χ1) is 9.22. The average Bonchev–Trinajstić information content (AvgIpc) is 2.41. The van der Waals surface area contributed by atoms with E-state index in [1.807, 2.05) is 32.0 Å². The topological polar surface area (TPSA) is 64.7 Å². The van der Waals surface area contributed by atoms with Gasteiger partial charge in [-0.3, -0.25) is 0 Å². The molecule has 1 aromatic carbocycles. The van der Waals surface area contributed by atoms with Crippen LogP contribution in [0.2, 0.25) is 0 Å². The summed E-state index contributed by atoms with van der Waals surface area (Å²) in [6, 6.07) is 5.83. The summed E-state index contributed by atoms with van der Waals surface area (Å²) < 4.78 is 11.1. The van der Waals surface area contributed by atoms with Crippen LogP contribution in [0.3, 0.4) is 0 Å². The fraction of sp³-hybridized carbons (Fsp3) is 0.600. The highest BCUT2D eigenvalue weighted by Crippen LogP contribution is 2.31. The first-order valence-electron chi connectivity index (χ1n) is 6.98. The smallest absolute Gasteiger partial charge is 0.161 e. The maximum Gasteiger partial charge on any atom is 0.161 e. The average molecular weight is 267 g/mol. The standard InChI is InChI=1S/C15H25NO3/c1-3-18-14-9-8-12(11-15(14)19-4-2)13(16)7-5-6-10-17/h8-9,11,13,17H,3-7,10,16H2,1-2H3. The van der Waals surface area contributed by atoms with E-state index < -0.39 is 0 Å². The van der Waals surface area contributed by atoms with Crippen LogP contribution in [0, 0.1) is 0 Å². The quantitative estimate of drug-likeness (QED) is 0.675. The lowest BCUT2D eigenvalue weighted by Crippen LogP contribution is -2.11. The summed E-state index contributed by atoms with van der Waals surface area (Å²) in [5.41, 5.74) is 7.19. The minimum absolute atomic E-state index is 0.0265. The second-order valence-corrected chi connectivity index (χ2v) is 4.40. The first kappa shape index (κ1) is 15.8. The Kier molecular flexibility index (Phi) is 7.30. The lowest BCUT2D eigenvalue weighted by molar-refractivity contribution is 0.281. The summed E-state index contributed by atoms with van der Waals surface area (Å²) in [5.74, 6) is 1.51. The van der Waals surface area contributed by atoms with E-state index in [0.717, 1.165) is 36.3 Å². The molecule has 0 heterocycles. The van der Waals surface area contributed by atoms with Crippen LogP contribution < -0.4 is 15.2 Å². The Hall–Kier alpha value is -1.26. The summed E-state index contributed by atoms with van der Waals surface area (Å²) in [4.78, 5) is 0. The molecule has 0 spiro atoms. The number of nitrogens with two attached hydrogens (primary N) is 1. The Morgan fingerprint density at radius 1 is 1.11 bits per heavy atom. The van der Waals surface area contributed by atoms with Gasteiger partial charge in [0.1, 0.15) is 0 Å². The Balaban J connectivity index is 2.75. The molecule has 0 aliphatic heterocycles. The number of benzene rings is 1. The maximum atomic E-state index is 8.78. The summed E-state index contributed by atoms with van der Waals surface area (Å²) >= 11 is 0. The zero-order chi connectivity index (χ0) is 14.1. The molecule has 0 bridgehead atoms. The number of aliphatic hydroxyl groups excluding tert-OH is 1. The van der Waals surface area contributed by atoms with E-state index >= 15 is 0 Å². The van der Waals surface area contributed by atoms with Crippen LogP contribution in [0.15, 0.2) is 18.2 Å². The van der Waals surface area contributed by atoms with Gasteiger partial charge in [0, 0.05) is 12.6 Å². The first-order valence-corrected chi connectivity index (χ1v) is 6.98. The number of unbranched alkanes of at least 4 members (excludes halogenated alkanes) is 1. The van der Waals surface area contributed by atoms with Crippen molar-refractivity contribution in [3.8, 4) is 11.5 Å². The molecule has 0 amide bonds. The molecule has 0 fully saturated rings. The van der Waals surface area contributed by atoms with Crippen molar-refractivity contribution in [3.05, 3.63) is 23.8 Å². The van der Waals surface area contributed by atoms with Crippen molar-refractivity contribution < 1.29 is 14.6 Å². The molecular formula is C15H25NO3. The summed E-state index contributed by atoms with van der Waals surface area (Å²) in [7, 11) is 0. The van der Waals surface area contributed by atoms with Crippen LogP contribution >= 0.6 is 0 Å². The Morgan fingerprint density at radius 2 is 1.79 bits per heavy atom. The molecule has 1 unspecified atom stereocenters. The van der Waals surface area contributed by atoms with Gasteiger partial charge in [-0.1, -0.05) is 6.07 Å². The van der Waals surface area contributed by atoms with E-state index in [-0.39, 0.29) is 12.6 Å². The summed E-state index contributed by atoms with van der Waals surface area (Å²) in [6.07, 6.45) is 2.58. The van der Waals surface area contributed by atoms with Gasteiger partial charge in [0.05, 0.1) is 13.2 Å². The fourth-order valence-corrected chi connectivity index (χ4v) is 1.94. The number of hydrogen-bond acceptors (Lipinski definition) is 4. The van der Waals surface area contributed by atoms with Crippen LogP contribution in [-0.2, 0) is 0 Å². The van der Waals surface area contributed by atoms with Gasteiger partial charge in [-0.25, -0.2) is 0 Å². The molecule has 4 nitrogen and oxygen atoms in total. The van der Waals surface area contributed by atoms with Gasteiger partial charge in [-0.05, 0) is 50.8 Å². The Bertz CT molecular complexity index is 368. The molecule has 19 heavy (non-hydrogen) atoms. The van der Waals surface area contributed by atoms with E-state index in [9.17, 15) is 0 Å². The lowest BCUT2D eigenvalue weighted by atomic mass is 10.0. The second-order valence-electron chi connectivity index (χ2n) is 4.40. The minimum atomic E-state index is -0.0265. The molecule has 0 saturated heterocycles. The predicted molar refractivity (Wildman–Crippen MR) is 76.6 cm³/mol. The van der Waals surface area contributed by atoms with E-state index in [4.69, 9.17) is 20.3 Å². The third kappa shape index (κ3) is 5.09. The van der Waals surface area contributed by atoms with Crippen LogP contribution in [0.5, 0.6) is 11.5 Å². The molecular weight excluding hydrogens is 242 g/mol. The van der Waals surface area contributed by atoms with E-state index in [2.05, 4.69) is 0 Å². The molecule has 4 heteroatoms. The van der Waals surface area contributed by atoms with Crippen LogP contribution in [-0.4, -0.2) is 24.9 Å². The van der Waals surface area contributed by atoms with E-state index in [0.29, 0.717) is 13.2 Å². The van der Waals surface area contributed by atoms with Crippen molar-refractivity contribution in [2.24, 2.45) is 5.73 Å². The normalized spacial score (nSPS) is 12.2. The number of hydrogen-bond donors (Lipinski definition) is 2. The highest BCUT2D eigenvalue weighted by Gasteiger charge is 2.11. The molecule has 1 rings (SSSR count). The molecule has 0 aliphatic rings. The number of rotatable bonds is 9. The van der Waals surface area contributed by atoms with Crippen molar-refractivity contribution in [2.45, 2.75) is 39.2 Å². The number of ether oxygens (including phenoxy) is 2. The molecule has 0 radical (unpaired) electrons. The molecule has 0 saturated carbocycles. The van der Waals surface area contributed by atoms with E-state index in [1.54, 1.807) is 0 Å². The third-order valence-corrected chi connectivity index (χ3v) is 2.92.